The molecule has 2 amide bonds. The Kier molecular flexibility index (Phi) is 7.16. The average molecular weight is 404 g/mol. The molecular weight excluding hydrogens is 380 g/mol. The summed E-state index contributed by atoms with van der Waals surface area (Å²) in [6, 6.07) is 14.7. The van der Waals surface area contributed by atoms with E-state index in [9.17, 15) is 14.4 Å². The Bertz CT molecular complexity index is 960. The van der Waals surface area contributed by atoms with E-state index in [4.69, 9.17) is 4.74 Å². The number of hydrogen-bond donors (Lipinski definition) is 1. The average Bonchev–Trinajstić information content (AvgIpc) is 3.18. The summed E-state index contributed by atoms with van der Waals surface area (Å²) in [7, 11) is 0. The molecule has 1 saturated heterocycles. The van der Waals surface area contributed by atoms with Gasteiger partial charge < -0.3 is 15.0 Å². The lowest BCUT2D eigenvalue weighted by molar-refractivity contribution is -0.137. The third kappa shape index (κ3) is 5.91. The molecule has 2 aromatic carbocycles. The molecular formula is C24H24N2O4. The molecule has 0 aromatic heterocycles. The smallest absolute Gasteiger partial charge is 0.330 e. The van der Waals surface area contributed by atoms with Crippen molar-refractivity contribution in [2.45, 2.75) is 19.8 Å². The van der Waals surface area contributed by atoms with Crippen molar-refractivity contribution in [3.05, 3.63) is 71.8 Å². The van der Waals surface area contributed by atoms with Crippen molar-refractivity contribution in [3.63, 3.8) is 0 Å². The number of nitrogens with zero attached hydrogens (tertiary/aromatic N) is 1. The molecule has 2 aromatic rings. The van der Waals surface area contributed by atoms with Gasteiger partial charge in [0.15, 0.2) is 0 Å². The molecule has 0 atom stereocenters. The lowest BCUT2D eigenvalue weighted by Crippen LogP contribution is -2.23. The van der Waals surface area contributed by atoms with Crippen LogP contribution in [-0.4, -0.2) is 30.9 Å². The van der Waals surface area contributed by atoms with Crippen LogP contribution in [0, 0.1) is 0 Å². The van der Waals surface area contributed by atoms with E-state index in [-0.39, 0.29) is 17.8 Å². The maximum atomic E-state index is 12.2. The highest BCUT2D eigenvalue weighted by molar-refractivity contribution is 6.02. The lowest BCUT2D eigenvalue weighted by Gasteiger charge is -2.15. The summed E-state index contributed by atoms with van der Waals surface area (Å²) in [6.07, 6.45) is 7.70. The Hall–Kier alpha value is -3.67. The Labute approximate surface area is 175 Å². The highest BCUT2D eigenvalue weighted by atomic mass is 16.5. The zero-order valence-electron chi connectivity index (χ0n) is 16.8. The zero-order chi connectivity index (χ0) is 21.3. The van der Waals surface area contributed by atoms with Gasteiger partial charge >= 0.3 is 5.97 Å². The number of anilines is 2. The van der Waals surface area contributed by atoms with Gasteiger partial charge in [0.05, 0.1) is 6.61 Å². The molecule has 0 aliphatic carbocycles. The summed E-state index contributed by atoms with van der Waals surface area (Å²) in [6.45, 7) is 2.85. The van der Waals surface area contributed by atoms with Crippen LogP contribution in [0.25, 0.3) is 12.2 Å². The fourth-order valence-electron chi connectivity index (χ4n) is 3.07. The van der Waals surface area contributed by atoms with Crippen molar-refractivity contribution >= 4 is 41.3 Å². The number of nitrogens with one attached hydrogen (secondary N) is 1. The molecule has 1 fully saturated rings. The van der Waals surface area contributed by atoms with Crippen molar-refractivity contribution in [3.8, 4) is 0 Å². The fourth-order valence-corrected chi connectivity index (χ4v) is 3.07. The van der Waals surface area contributed by atoms with Crippen LogP contribution in [-0.2, 0) is 19.1 Å². The molecule has 1 heterocycles. The second kappa shape index (κ2) is 10.2. The first-order valence-corrected chi connectivity index (χ1v) is 9.89. The molecule has 30 heavy (non-hydrogen) atoms. The van der Waals surface area contributed by atoms with E-state index in [1.807, 2.05) is 24.3 Å². The largest absolute Gasteiger partial charge is 0.463 e. The Morgan fingerprint density at radius 2 is 1.63 bits per heavy atom. The number of esters is 1. The predicted octanol–water partition coefficient (Wildman–Crippen LogP) is 4.04. The summed E-state index contributed by atoms with van der Waals surface area (Å²) in [5.74, 6) is -0.483. The van der Waals surface area contributed by atoms with E-state index in [1.54, 1.807) is 48.2 Å². The summed E-state index contributed by atoms with van der Waals surface area (Å²) < 4.78 is 4.83. The van der Waals surface area contributed by atoms with Crippen molar-refractivity contribution in [1.29, 1.82) is 0 Å². The Morgan fingerprint density at radius 3 is 2.23 bits per heavy atom. The van der Waals surface area contributed by atoms with E-state index < -0.39 is 0 Å². The second-order valence-corrected chi connectivity index (χ2v) is 6.77. The summed E-state index contributed by atoms with van der Waals surface area (Å²) in [5, 5.41) is 2.79. The topological polar surface area (TPSA) is 75.7 Å². The summed E-state index contributed by atoms with van der Waals surface area (Å²) >= 11 is 0. The van der Waals surface area contributed by atoms with E-state index in [1.165, 1.54) is 12.2 Å². The van der Waals surface area contributed by atoms with Crippen molar-refractivity contribution < 1.29 is 19.1 Å². The van der Waals surface area contributed by atoms with Crippen LogP contribution in [0.2, 0.25) is 0 Å². The van der Waals surface area contributed by atoms with Gasteiger partial charge in [0, 0.05) is 36.5 Å². The highest BCUT2D eigenvalue weighted by Crippen LogP contribution is 2.22. The van der Waals surface area contributed by atoms with E-state index >= 15 is 0 Å². The molecule has 1 aliphatic heterocycles. The first-order chi connectivity index (χ1) is 14.5. The zero-order valence-corrected chi connectivity index (χ0v) is 16.8. The molecule has 0 bridgehead atoms. The van der Waals surface area contributed by atoms with Crippen molar-refractivity contribution in [2.75, 3.05) is 23.4 Å². The predicted molar refractivity (Wildman–Crippen MR) is 118 cm³/mol. The Balaban J connectivity index is 1.53. The van der Waals surface area contributed by atoms with Gasteiger partial charge in [-0.2, -0.15) is 0 Å². The molecule has 0 saturated carbocycles. The van der Waals surface area contributed by atoms with Crippen molar-refractivity contribution in [1.82, 2.24) is 0 Å². The molecule has 0 radical (unpaired) electrons. The van der Waals surface area contributed by atoms with E-state index in [0.717, 1.165) is 29.8 Å². The minimum atomic E-state index is -0.389. The number of rotatable bonds is 7. The second-order valence-electron chi connectivity index (χ2n) is 6.77. The van der Waals surface area contributed by atoms with Crippen LogP contribution < -0.4 is 10.2 Å². The number of carbonyl (C=O) groups is 3. The minimum Gasteiger partial charge on any atom is -0.463 e. The van der Waals surface area contributed by atoms with Crippen molar-refractivity contribution in [2.24, 2.45) is 0 Å². The molecule has 6 heteroatoms. The summed E-state index contributed by atoms with van der Waals surface area (Å²) in [5.41, 5.74) is 3.24. The van der Waals surface area contributed by atoms with Crippen LogP contribution in [0.4, 0.5) is 11.4 Å². The number of hydrogen-bond acceptors (Lipinski definition) is 4. The van der Waals surface area contributed by atoms with Crippen LogP contribution in [0.5, 0.6) is 0 Å². The standard InChI is InChI=1S/C24H24N2O4/c1-2-30-24(29)16-10-18-5-11-20(12-6-18)25-22(27)15-9-19-7-13-21(14-8-19)26-17-3-4-23(26)28/h5-16H,2-4,17H2,1H3,(H,25,27)/b15-9+,16-10+. The molecule has 1 N–H and O–H groups in total. The molecule has 0 unspecified atom stereocenters. The quantitative estimate of drug-likeness (QED) is 0.558. The maximum Gasteiger partial charge on any atom is 0.330 e. The van der Waals surface area contributed by atoms with Gasteiger partial charge in [-0.3, -0.25) is 9.59 Å². The third-order valence-electron chi connectivity index (χ3n) is 4.58. The van der Waals surface area contributed by atoms with Crippen LogP contribution in [0.3, 0.4) is 0 Å². The number of ether oxygens (including phenoxy) is 1. The molecule has 3 rings (SSSR count). The Morgan fingerprint density at radius 1 is 1.00 bits per heavy atom. The molecule has 0 spiro atoms. The normalized spacial score (nSPS) is 13.9. The number of amides is 2. The maximum absolute atomic E-state index is 12.2. The van der Waals surface area contributed by atoms with Crippen LogP contribution >= 0.6 is 0 Å². The van der Waals surface area contributed by atoms with Gasteiger partial charge in [-0.1, -0.05) is 24.3 Å². The van der Waals surface area contributed by atoms with Gasteiger partial charge in [-0.15, -0.1) is 0 Å². The molecule has 1 aliphatic rings. The first kappa shape index (κ1) is 21.0. The monoisotopic (exact) mass is 404 g/mol. The van der Waals surface area contributed by atoms with Gasteiger partial charge in [0.2, 0.25) is 11.8 Å². The van der Waals surface area contributed by atoms with E-state index in [0.29, 0.717) is 18.7 Å². The van der Waals surface area contributed by atoms with Crippen LogP contribution in [0.1, 0.15) is 30.9 Å². The van der Waals surface area contributed by atoms with E-state index in [2.05, 4.69) is 5.32 Å². The van der Waals surface area contributed by atoms with Gasteiger partial charge in [0.1, 0.15) is 0 Å². The SMILES string of the molecule is CCOC(=O)/C=C/c1ccc(NC(=O)/C=C/c2ccc(N3CCCC3=O)cc2)cc1. The first-order valence-electron chi connectivity index (χ1n) is 9.89. The van der Waals surface area contributed by atoms with Crippen LogP contribution in [0.15, 0.2) is 60.7 Å². The number of carbonyl (C=O) groups excluding carboxylic acids is 3. The summed E-state index contributed by atoms with van der Waals surface area (Å²) in [4.78, 5) is 37.1. The minimum absolute atomic E-state index is 0.153. The van der Waals surface area contributed by atoms with Gasteiger partial charge in [-0.05, 0) is 60.9 Å². The fraction of sp³-hybridized carbons (Fsp3) is 0.208. The lowest BCUT2D eigenvalue weighted by atomic mass is 10.1. The number of benzene rings is 2. The molecule has 6 nitrogen and oxygen atoms in total. The third-order valence-corrected chi connectivity index (χ3v) is 4.58. The molecule has 154 valence electrons. The highest BCUT2D eigenvalue weighted by Gasteiger charge is 2.21. The van der Waals surface area contributed by atoms with Gasteiger partial charge in [-0.25, -0.2) is 4.79 Å². The van der Waals surface area contributed by atoms with Gasteiger partial charge in [0.25, 0.3) is 0 Å².